The second-order valence-electron chi connectivity index (χ2n) is 4.90. The smallest absolute Gasteiger partial charge is 0.0705 e. The summed E-state index contributed by atoms with van der Waals surface area (Å²) >= 11 is 6.08. The van der Waals surface area contributed by atoms with E-state index < -0.39 is 0 Å². The van der Waals surface area contributed by atoms with Crippen molar-refractivity contribution in [2.75, 3.05) is 0 Å². The van der Waals surface area contributed by atoms with Gasteiger partial charge in [-0.05, 0) is 41.8 Å². The number of rotatable bonds is 2. The van der Waals surface area contributed by atoms with Crippen LogP contribution >= 0.6 is 11.6 Å². The number of hydrogen-bond acceptors (Lipinski definition) is 2. The summed E-state index contributed by atoms with van der Waals surface area (Å²) in [5, 5.41) is 1.86. The molecule has 0 bridgehead atoms. The van der Waals surface area contributed by atoms with E-state index in [0.29, 0.717) is 0 Å². The van der Waals surface area contributed by atoms with Gasteiger partial charge in [0.1, 0.15) is 0 Å². The van der Waals surface area contributed by atoms with E-state index in [2.05, 4.69) is 17.1 Å². The van der Waals surface area contributed by atoms with Crippen LogP contribution in [-0.2, 0) is 0 Å². The van der Waals surface area contributed by atoms with E-state index in [1.165, 1.54) is 0 Å². The summed E-state index contributed by atoms with van der Waals surface area (Å²) in [5.74, 6) is 0. The third-order valence-corrected chi connectivity index (χ3v) is 3.98. The SMILES string of the molecule is Cc1cc(C(N)c2cccc3ncccc23)ccc1Cl. The van der Waals surface area contributed by atoms with Crippen molar-refractivity contribution < 1.29 is 0 Å². The zero-order chi connectivity index (χ0) is 14.1. The maximum absolute atomic E-state index is 6.43. The van der Waals surface area contributed by atoms with Crippen molar-refractivity contribution in [3.05, 3.63) is 76.4 Å². The van der Waals surface area contributed by atoms with Gasteiger partial charge in [-0.2, -0.15) is 0 Å². The van der Waals surface area contributed by atoms with Gasteiger partial charge >= 0.3 is 0 Å². The minimum absolute atomic E-state index is 0.182. The summed E-state index contributed by atoms with van der Waals surface area (Å²) in [6.45, 7) is 1.99. The first-order valence-corrected chi connectivity index (χ1v) is 6.90. The maximum Gasteiger partial charge on any atom is 0.0705 e. The number of aromatic nitrogens is 1. The molecular formula is C17H15ClN2. The van der Waals surface area contributed by atoms with Crippen LogP contribution in [0.2, 0.25) is 5.02 Å². The van der Waals surface area contributed by atoms with Gasteiger partial charge < -0.3 is 5.73 Å². The van der Waals surface area contributed by atoms with Crippen LogP contribution in [0.1, 0.15) is 22.7 Å². The fourth-order valence-electron chi connectivity index (χ4n) is 2.44. The molecule has 0 amide bonds. The van der Waals surface area contributed by atoms with Crippen LogP contribution in [0.15, 0.2) is 54.7 Å². The average molecular weight is 283 g/mol. The summed E-state index contributed by atoms with van der Waals surface area (Å²) < 4.78 is 0. The number of aryl methyl sites for hydroxylation is 1. The third-order valence-electron chi connectivity index (χ3n) is 3.56. The van der Waals surface area contributed by atoms with E-state index in [0.717, 1.165) is 32.6 Å². The average Bonchev–Trinajstić information content (AvgIpc) is 2.49. The normalized spacial score (nSPS) is 12.6. The van der Waals surface area contributed by atoms with Crippen LogP contribution in [0.5, 0.6) is 0 Å². The molecule has 3 heteroatoms. The molecule has 3 aromatic rings. The van der Waals surface area contributed by atoms with Crippen molar-refractivity contribution in [2.24, 2.45) is 5.73 Å². The fraction of sp³-hybridized carbons (Fsp3) is 0.118. The van der Waals surface area contributed by atoms with Gasteiger partial charge in [0.15, 0.2) is 0 Å². The van der Waals surface area contributed by atoms with Crippen molar-refractivity contribution in [2.45, 2.75) is 13.0 Å². The van der Waals surface area contributed by atoms with Gasteiger partial charge in [0.25, 0.3) is 0 Å². The van der Waals surface area contributed by atoms with E-state index in [1.54, 1.807) is 6.20 Å². The van der Waals surface area contributed by atoms with Crippen molar-refractivity contribution in [1.82, 2.24) is 4.98 Å². The molecule has 2 aromatic carbocycles. The molecule has 2 nitrogen and oxygen atoms in total. The quantitative estimate of drug-likeness (QED) is 0.763. The molecular weight excluding hydrogens is 268 g/mol. The molecule has 0 aliphatic rings. The van der Waals surface area contributed by atoms with Crippen molar-refractivity contribution in [3.8, 4) is 0 Å². The number of fused-ring (bicyclic) bond motifs is 1. The van der Waals surface area contributed by atoms with Gasteiger partial charge in [-0.3, -0.25) is 4.98 Å². The molecule has 100 valence electrons. The van der Waals surface area contributed by atoms with E-state index in [4.69, 9.17) is 17.3 Å². The zero-order valence-corrected chi connectivity index (χ0v) is 11.9. The Bertz CT molecular complexity index is 763. The number of nitrogens with two attached hydrogens (primary N) is 1. The molecule has 1 heterocycles. The second-order valence-corrected chi connectivity index (χ2v) is 5.31. The lowest BCUT2D eigenvalue weighted by Crippen LogP contribution is -2.12. The van der Waals surface area contributed by atoms with Crippen molar-refractivity contribution >= 4 is 22.5 Å². The predicted molar refractivity (Wildman–Crippen MR) is 84.0 cm³/mol. The number of halogens is 1. The summed E-state index contributed by atoms with van der Waals surface area (Å²) in [7, 11) is 0. The van der Waals surface area contributed by atoms with Gasteiger partial charge in [0, 0.05) is 16.6 Å². The maximum atomic E-state index is 6.43. The summed E-state index contributed by atoms with van der Waals surface area (Å²) in [6.07, 6.45) is 1.80. The molecule has 1 unspecified atom stereocenters. The van der Waals surface area contributed by atoms with Gasteiger partial charge in [-0.1, -0.05) is 41.9 Å². The molecule has 0 saturated heterocycles. The van der Waals surface area contributed by atoms with Crippen molar-refractivity contribution in [3.63, 3.8) is 0 Å². The van der Waals surface area contributed by atoms with Gasteiger partial charge in [0.2, 0.25) is 0 Å². The lowest BCUT2D eigenvalue weighted by Gasteiger charge is -2.16. The largest absolute Gasteiger partial charge is 0.320 e. The van der Waals surface area contributed by atoms with E-state index >= 15 is 0 Å². The molecule has 20 heavy (non-hydrogen) atoms. The molecule has 0 aliphatic heterocycles. The van der Waals surface area contributed by atoms with Crippen LogP contribution in [0.4, 0.5) is 0 Å². The predicted octanol–water partition coefficient (Wildman–Crippen LogP) is 4.24. The van der Waals surface area contributed by atoms with Gasteiger partial charge in [-0.15, -0.1) is 0 Å². The number of benzene rings is 2. The highest BCUT2D eigenvalue weighted by molar-refractivity contribution is 6.31. The number of pyridine rings is 1. The highest BCUT2D eigenvalue weighted by Gasteiger charge is 2.13. The second kappa shape index (κ2) is 5.23. The van der Waals surface area contributed by atoms with Gasteiger partial charge in [0.05, 0.1) is 11.6 Å². The lowest BCUT2D eigenvalue weighted by molar-refractivity contribution is 0.878. The van der Waals surface area contributed by atoms with E-state index in [-0.39, 0.29) is 6.04 Å². The molecule has 1 aromatic heterocycles. The summed E-state index contributed by atoms with van der Waals surface area (Å²) in [5.41, 5.74) is 10.6. The Hall–Kier alpha value is -1.90. The first-order chi connectivity index (χ1) is 9.66. The molecule has 0 aliphatic carbocycles. The van der Waals surface area contributed by atoms with E-state index in [9.17, 15) is 0 Å². The molecule has 3 rings (SSSR count). The zero-order valence-electron chi connectivity index (χ0n) is 11.2. The molecule has 0 spiro atoms. The number of nitrogens with zero attached hydrogens (tertiary/aromatic N) is 1. The monoisotopic (exact) mass is 282 g/mol. The van der Waals surface area contributed by atoms with Crippen LogP contribution in [0.25, 0.3) is 10.9 Å². The first kappa shape index (κ1) is 13.1. The number of hydrogen-bond donors (Lipinski definition) is 1. The summed E-state index contributed by atoms with van der Waals surface area (Å²) in [6, 6.07) is 15.8. The van der Waals surface area contributed by atoms with Crippen molar-refractivity contribution in [1.29, 1.82) is 0 Å². The fourth-order valence-corrected chi connectivity index (χ4v) is 2.56. The lowest BCUT2D eigenvalue weighted by atomic mass is 9.95. The van der Waals surface area contributed by atoms with E-state index in [1.807, 2.05) is 43.3 Å². The van der Waals surface area contributed by atoms with Gasteiger partial charge in [-0.25, -0.2) is 0 Å². The Morgan fingerprint density at radius 2 is 1.95 bits per heavy atom. The molecule has 0 fully saturated rings. The minimum atomic E-state index is -0.182. The summed E-state index contributed by atoms with van der Waals surface area (Å²) in [4.78, 5) is 4.37. The van der Waals surface area contributed by atoms with Crippen LogP contribution in [0, 0.1) is 6.92 Å². The van der Waals surface area contributed by atoms with Crippen LogP contribution in [0.3, 0.4) is 0 Å². The Morgan fingerprint density at radius 1 is 1.10 bits per heavy atom. The molecule has 0 saturated carbocycles. The third kappa shape index (κ3) is 2.28. The first-order valence-electron chi connectivity index (χ1n) is 6.52. The molecule has 1 atom stereocenters. The topological polar surface area (TPSA) is 38.9 Å². The Morgan fingerprint density at radius 3 is 2.75 bits per heavy atom. The standard InChI is InChI=1S/C17H15ClN2/c1-11-10-12(7-8-15(11)18)17(19)14-4-2-6-16-13(14)5-3-9-20-16/h2-10,17H,19H2,1H3. The highest BCUT2D eigenvalue weighted by atomic mass is 35.5. The molecule has 2 N–H and O–H groups in total. The van der Waals surface area contributed by atoms with Crippen LogP contribution < -0.4 is 5.73 Å². The Balaban J connectivity index is 2.12. The Labute approximate surface area is 123 Å². The molecule has 0 radical (unpaired) electrons. The minimum Gasteiger partial charge on any atom is -0.320 e. The Kier molecular flexibility index (Phi) is 3.43. The highest BCUT2D eigenvalue weighted by Crippen LogP contribution is 2.28. The van der Waals surface area contributed by atoms with Crippen LogP contribution in [-0.4, -0.2) is 4.98 Å².